The molecule has 1 fully saturated rings. The Bertz CT molecular complexity index is 750. The van der Waals surface area contributed by atoms with Crippen LogP contribution in [0.25, 0.3) is 10.6 Å². The molecule has 28 heavy (non-hydrogen) atoms. The molecule has 1 aliphatic heterocycles. The predicted molar refractivity (Wildman–Crippen MR) is 115 cm³/mol. The van der Waals surface area contributed by atoms with E-state index in [0.29, 0.717) is 6.42 Å². The van der Waals surface area contributed by atoms with Gasteiger partial charge in [0.05, 0.1) is 25.3 Å². The van der Waals surface area contributed by atoms with Gasteiger partial charge in [0.2, 0.25) is 5.91 Å². The number of carbonyl (C=O) groups excluding carboxylic acids is 1. The number of nitrogens with zero attached hydrogens (tertiary/aromatic N) is 3. The zero-order valence-electron chi connectivity index (χ0n) is 17.0. The molecule has 0 unspecified atom stereocenters. The molecule has 0 atom stereocenters. The molecule has 0 radical (unpaired) electrons. The van der Waals surface area contributed by atoms with Crippen molar-refractivity contribution in [3.8, 4) is 10.6 Å². The minimum absolute atomic E-state index is 0.182. The van der Waals surface area contributed by atoms with Gasteiger partial charge in [0.1, 0.15) is 5.01 Å². The van der Waals surface area contributed by atoms with E-state index < -0.39 is 0 Å². The number of hydrogen-bond donors (Lipinski definition) is 0. The Balaban J connectivity index is 1.64. The fourth-order valence-corrected chi connectivity index (χ4v) is 4.33. The van der Waals surface area contributed by atoms with E-state index in [2.05, 4.69) is 43.0 Å². The number of morpholine rings is 1. The first-order chi connectivity index (χ1) is 13.7. The average molecular weight is 402 g/mol. The molecule has 1 amide bonds. The van der Waals surface area contributed by atoms with Gasteiger partial charge in [-0.15, -0.1) is 11.3 Å². The third-order valence-electron chi connectivity index (χ3n) is 4.91. The molecule has 0 N–H and O–H groups in total. The molecule has 2 aromatic rings. The largest absolute Gasteiger partial charge is 0.379 e. The van der Waals surface area contributed by atoms with E-state index in [9.17, 15) is 4.79 Å². The monoisotopic (exact) mass is 401 g/mol. The topological polar surface area (TPSA) is 45.7 Å². The Morgan fingerprint density at radius 1 is 1.21 bits per heavy atom. The van der Waals surface area contributed by atoms with Crippen LogP contribution in [0, 0.1) is 0 Å². The average Bonchev–Trinajstić information content (AvgIpc) is 3.17. The molecule has 1 aliphatic rings. The van der Waals surface area contributed by atoms with Crippen molar-refractivity contribution in [2.75, 3.05) is 39.4 Å². The molecule has 1 aromatic heterocycles. The standard InChI is InChI=1S/C22H31N3O2S/c1-3-8-25(9-4-2)21(26)15-20-17-28-22(23-20)19-7-5-6-18(14-19)16-24-10-12-27-13-11-24/h5-7,14,17H,3-4,8-13,15-16H2,1-2H3. The van der Waals surface area contributed by atoms with Crippen LogP contribution in [0.15, 0.2) is 29.6 Å². The number of benzene rings is 1. The van der Waals surface area contributed by atoms with Crippen LogP contribution in [0.4, 0.5) is 0 Å². The molecular formula is C22H31N3O2S. The highest BCUT2D eigenvalue weighted by Crippen LogP contribution is 2.25. The third-order valence-corrected chi connectivity index (χ3v) is 5.85. The molecule has 0 saturated carbocycles. The molecule has 1 aromatic carbocycles. The van der Waals surface area contributed by atoms with E-state index >= 15 is 0 Å². The second-order valence-corrected chi connectivity index (χ2v) is 8.15. The zero-order chi connectivity index (χ0) is 19.8. The molecule has 3 rings (SSSR count). The highest BCUT2D eigenvalue weighted by Gasteiger charge is 2.15. The van der Waals surface area contributed by atoms with E-state index in [-0.39, 0.29) is 5.91 Å². The van der Waals surface area contributed by atoms with Crippen LogP contribution < -0.4 is 0 Å². The Hall–Kier alpha value is -1.76. The van der Waals surface area contributed by atoms with Gasteiger partial charge < -0.3 is 9.64 Å². The van der Waals surface area contributed by atoms with E-state index in [0.717, 1.165) is 75.0 Å². The summed E-state index contributed by atoms with van der Waals surface area (Å²) in [5.41, 5.74) is 3.30. The van der Waals surface area contributed by atoms with Gasteiger partial charge >= 0.3 is 0 Å². The minimum atomic E-state index is 0.182. The first-order valence-electron chi connectivity index (χ1n) is 10.3. The summed E-state index contributed by atoms with van der Waals surface area (Å²) < 4.78 is 5.43. The molecular weight excluding hydrogens is 370 g/mol. The Labute approximate surface area is 172 Å². The lowest BCUT2D eigenvalue weighted by Gasteiger charge is -2.26. The van der Waals surface area contributed by atoms with Crippen LogP contribution in [-0.4, -0.2) is 60.1 Å². The summed E-state index contributed by atoms with van der Waals surface area (Å²) in [6, 6.07) is 8.60. The molecule has 5 nitrogen and oxygen atoms in total. The van der Waals surface area contributed by atoms with Crippen LogP contribution >= 0.6 is 11.3 Å². The van der Waals surface area contributed by atoms with Gasteiger partial charge in [0, 0.05) is 43.7 Å². The fraction of sp³-hybridized carbons (Fsp3) is 0.545. The Morgan fingerprint density at radius 2 is 1.96 bits per heavy atom. The van der Waals surface area contributed by atoms with Gasteiger partial charge in [0.25, 0.3) is 0 Å². The van der Waals surface area contributed by atoms with Crippen molar-refractivity contribution in [1.29, 1.82) is 0 Å². The summed E-state index contributed by atoms with van der Waals surface area (Å²) in [6.45, 7) is 10.4. The van der Waals surface area contributed by atoms with Gasteiger partial charge in [-0.3, -0.25) is 9.69 Å². The molecule has 0 spiro atoms. The number of aromatic nitrogens is 1. The normalized spacial score (nSPS) is 14.9. The van der Waals surface area contributed by atoms with Crippen molar-refractivity contribution in [2.45, 2.75) is 39.7 Å². The number of carbonyl (C=O) groups is 1. The lowest BCUT2D eigenvalue weighted by atomic mass is 10.1. The maximum Gasteiger partial charge on any atom is 0.228 e. The second-order valence-electron chi connectivity index (χ2n) is 7.29. The number of thiazole rings is 1. The SMILES string of the molecule is CCCN(CCC)C(=O)Cc1csc(-c2cccc(CN3CCOCC3)c2)n1. The van der Waals surface area contributed by atoms with Crippen molar-refractivity contribution >= 4 is 17.2 Å². The van der Waals surface area contributed by atoms with Crippen LogP contribution in [0.5, 0.6) is 0 Å². The van der Waals surface area contributed by atoms with Gasteiger partial charge in [-0.05, 0) is 24.5 Å². The van der Waals surface area contributed by atoms with Crippen LogP contribution in [0.2, 0.25) is 0 Å². The first kappa shape index (κ1) is 21.0. The Kier molecular flexibility index (Phi) is 8.01. The van der Waals surface area contributed by atoms with Crippen LogP contribution in [0.3, 0.4) is 0 Å². The van der Waals surface area contributed by atoms with Crippen molar-refractivity contribution in [3.05, 3.63) is 40.9 Å². The number of amides is 1. The van der Waals surface area contributed by atoms with E-state index in [1.165, 1.54) is 5.56 Å². The van der Waals surface area contributed by atoms with E-state index in [4.69, 9.17) is 9.72 Å². The van der Waals surface area contributed by atoms with Crippen molar-refractivity contribution in [2.24, 2.45) is 0 Å². The smallest absolute Gasteiger partial charge is 0.228 e. The van der Waals surface area contributed by atoms with Crippen LogP contribution in [-0.2, 0) is 22.5 Å². The Morgan fingerprint density at radius 3 is 2.68 bits per heavy atom. The zero-order valence-corrected chi connectivity index (χ0v) is 17.8. The van der Waals surface area contributed by atoms with Gasteiger partial charge in [0.15, 0.2) is 0 Å². The highest BCUT2D eigenvalue weighted by molar-refractivity contribution is 7.13. The van der Waals surface area contributed by atoms with Gasteiger partial charge in [-0.25, -0.2) is 4.98 Å². The first-order valence-corrected chi connectivity index (χ1v) is 11.2. The number of ether oxygens (including phenoxy) is 1. The van der Waals surface area contributed by atoms with Crippen molar-refractivity contribution in [1.82, 2.24) is 14.8 Å². The highest BCUT2D eigenvalue weighted by atomic mass is 32.1. The molecule has 6 heteroatoms. The van der Waals surface area contributed by atoms with Crippen molar-refractivity contribution in [3.63, 3.8) is 0 Å². The lowest BCUT2D eigenvalue weighted by molar-refractivity contribution is -0.130. The maximum atomic E-state index is 12.6. The van der Waals surface area contributed by atoms with Crippen LogP contribution in [0.1, 0.15) is 37.9 Å². The third kappa shape index (κ3) is 5.87. The summed E-state index contributed by atoms with van der Waals surface area (Å²) in [6.07, 6.45) is 2.37. The van der Waals surface area contributed by atoms with E-state index in [1.54, 1.807) is 11.3 Å². The molecule has 1 saturated heterocycles. The summed E-state index contributed by atoms with van der Waals surface area (Å²) in [5.74, 6) is 0.182. The lowest BCUT2D eigenvalue weighted by Crippen LogP contribution is -2.35. The number of rotatable bonds is 9. The number of hydrogen-bond acceptors (Lipinski definition) is 5. The molecule has 152 valence electrons. The van der Waals surface area contributed by atoms with Gasteiger partial charge in [-0.1, -0.05) is 32.0 Å². The maximum absolute atomic E-state index is 12.6. The molecule has 0 bridgehead atoms. The summed E-state index contributed by atoms with van der Waals surface area (Å²) in [5, 5.41) is 3.02. The molecule has 2 heterocycles. The summed E-state index contributed by atoms with van der Waals surface area (Å²) in [4.78, 5) is 21.7. The second kappa shape index (κ2) is 10.7. The fourth-order valence-electron chi connectivity index (χ4n) is 3.51. The van der Waals surface area contributed by atoms with Gasteiger partial charge in [-0.2, -0.15) is 0 Å². The summed E-state index contributed by atoms with van der Waals surface area (Å²) in [7, 11) is 0. The van der Waals surface area contributed by atoms with E-state index in [1.807, 2.05) is 10.3 Å². The predicted octanol–water partition coefficient (Wildman–Crippen LogP) is 3.83. The minimum Gasteiger partial charge on any atom is -0.379 e. The quantitative estimate of drug-likeness (QED) is 0.641. The summed E-state index contributed by atoms with van der Waals surface area (Å²) >= 11 is 1.62. The van der Waals surface area contributed by atoms with Crippen molar-refractivity contribution < 1.29 is 9.53 Å². The molecule has 0 aliphatic carbocycles.